The highest BCUT2D eigenvalue weighted by atomic mass is 32.1. The lowest BCUT2D eigenvalue weighted by molar-refractivity contribution is 0.0391. The van der Waals surface area contributed by atoms with Gasteiger partial charge in [-0.1, -0.05) is 11.3 Å². The number of amides is 1. The Labute approximate surface area is 173 Å². The summed E-state index contributed by atoms with van der Waals surface area (Å²) >= 11 is 1.50. The Morgan fingerprint density at radius 2 is 2.07 bits per heavy atom. The number of morpholine rings is 1. The van der Waals surface area contributed by atoms with Crippen molar-refractivity contribution in [2.75, 3.05) is 51.4 Å². The van der Waals surface area contributed by atoms with E-state index in [0.29, 0.717) is 23.0 Å². The Bertz CT molecular complexity index is 1010. The molecule has 0 spiro atoms. The van der Waals surface area contributed by atoms with Crippen LogP contribution in [0.15, 0.2) is 28.7 Å². The fourth-order valence-electron chi connectivity index (χ4n) is 3.47. The van der Waals surface area contributed by atoms with Gasteiger partial charge in [0.1, 0.15) is 17.3 Å². The van der Waals surface area contributed by atoms with Gasteiger partial charge in [-0.25, -0.2) is 4.98 Å². The van der Waals surface area contributed by atoms with E-state index in [9.17, 15) is 4.79 Å². The molecule has 0 radical (unpaired) electrons. The zero-order valence-electron chi connectivity index (χ0n) is 16.9. The Morgan fingerprint density at radius 3 is 2.76 bits per heavy atom. The van der Waals surface area contributed by atoms with Gasteiger partial charge in [0.05, 0.1) is 36.1 Å². The number of methoxy groups -OCH3 is 1. The summed E-state index contributed by atoms with van der Waals surface area (Å²) in [7, 11) is 1.64. The number of benzene rings is 1. The fraction of sp³-hybridized carbons (Fsp3) is 0.429. The first-order valence-corrected chi connectivity index (χ1v) is 10.5. The van der Waals surface area contributed by atoms with Crippen molar-refractivity contribution in [2.24, 2.45) is 0 Å². The van der Waals surface area contributed by atoms with Gasteiger partial charge in [-0.15, -0.1) is 0 Å². The summed E-state index contributed by atoms with van der Waals surface area (Å²) in [6.07, 6.45) is 0. The monoisotopic (exact) mass is 415 g/mol. The second-order valence-corrected chi connectivity index (χ2v) is 8.08. The van der Waals surface area contributed by atoms with Gasteiger partial charge in [-0.2, -0.15) is 0 Å². The molecule has 1 aromatic carbocycles. The van der Waals surface area contributed by atoms with Crippen molar-refractivity contribution >= 4 is 32.6 Å². The van der Waals surface area contributed by atoms with Crippen molar-refractivity contribution in [3.63, 3.8) is 0 Å². The number of hydrogen-bond acceptors (Lipinski definition) is 7. The highest BCUT2D eigenvalue weighted by molar-refractivity contribution is 7.22. The zero-order chi connectivity index (χ0) is 20.4. The lowest BCUT2D eigenvalue weighted by atomic mass is 10.2. The van der Waals surface area contributed by atoms with Gasteiger partial charge in [0.25, 0.3) is 5.91 Å². The molecule has 1 saturated heterocycles. The predicted molar refractivity (Wildman–Crippen MR) is 113 cm³/mol. The first-order valence-electron chi connectivity index (χ1n) is 9.69. The minimum Gasteiger partial charge on any atom is -0.497 e. The van der Waals surface area contributed by atoms with Crippen molar-refractivity contribution in [1.82, 2.24) is 9.88 Å². The molecule has 0 bridgehead atoms. The van der Waals surface area contributed by atoms with Crippen LogP contribution >= 0.6 is 11.3 Å². The molecule has 8 heteroatoms. The van der Waals surface area contributed by atoms with Crippen molar-refractivity contribution < 1.29 is 18.7 Å². The Hall–Kier alpha value is -2.42. The minimum atomic E-state index is -0.0846. The lowest BCUT2D eigenvalue weighted by Crippen LogP contribution is -2.43. The van der Waals surface area contributed by atoms with E-state index in [4.69, 9.17) is 18.9 Å². The summed E-state index contributed by atoms with van der Waals surface area (Å²) in [4.78, 5) is 22.2. The molecule has 154 valence electrons. The number of aromatic nitrogens is 1. The maximum atomic E-state index is 13.4. The molecule has 0 aliphatic carbocycles. The number of rotatable bonds is 6. The van der Waals surface area contributed by atoms with Crippen LogP contribution in [0, 0.1) is 13.8 Å². The minimum absolute atomic E-state index is 0.0846. The van der Waals surface area contributed by atoms with Gasteiger partial charge in [0.15, 0.2) is 5.13 Å². The van der Waals surface area contributed by atoms with Crippen molar-refractivity contribution in [3.05, 3.63) is 41.3 Å². The number of thiazole rings is 1. The number of carbonyl (C=O) groups excluding carboxylic acids is 1. The number of anilines is 1. The first kappa shape index (κ1) is 19.9. The lowest BCUT2D eigenvalue weighted by Gasteiger charge is -2.29. The molecule has 29 heavy (non-hydrogen) atoms. The highest BCUT2D eigenvalue weighted by Gasteiger charge is 2.25. The van der Waals surface area contributed by atoms with Gasteiger partial charge in [0, 0.05) is 26.2 Å². The van der Waals surface area contributed by atoms with Gasteiger partial charge in [0.2, 0.25) is 0 Å². The molecule has 0 unspecified atom stereocenters. The average Bonchev–Trinajstić information content (AvgIpc) is 3.30. The number of furan rings is 1. The van der Waals surface area contributed by atoms with Crippen LogP contribution < -0.4 is 9.64 Å². The van der Waals surface area contributed by atoms with E-state index in [1.165, 1.54) is 11.3 Å². The van der Waals surface area contributed by atoms with Crippen LogP contribution in [0.2, 0.25) is 0 Å². The van der Waals surface area contributed by atoms with E-state index in [1.807, 2.05) is 32.0 Å². The highest BCUT2D eigenvalue weighted by Crippen LogP contribution is 2.32. The first-order chi connectivity index (χ1) is 14.0. The number of fused-ring (bicyclic) bond motifs is 1. The number of ether oxygens (including phenoxy) is 2. The topological polar surface area (TPSA) is 68.0 Å². The molecule has 3 aromatic rings. The smallest absolute Gasteiger partial charge is 0.263 e. The molecule has 1 aliphatic rings. The fourth-order valence-corrected chi connectivity index (χ4v) is 4.49. The number of hydrogen-bond donors (Lipinski definition) is 0. The summed E-state index contributed by atoms with van der Waals surface area (Å²) in [5.41, 5.74) is 1.44. The van der Waals surface area contributed by atoms with Crippen LogP contribution in [0.5, 0.6) is 5.75 Å². The van der Waals surface area contributed by atoms with Gasteiger partial charge >= 0.3 is 0 Å². The molecule has 1 fully saturated rings. The maximum Gasteiger partial charge on any atom is 0.263 e. The third kappa shape index (κ3) is 4.29. The van der Waals surface area contributed by atoms with Gasteiger partial charge in [-0.3, -0.25) is 14.6 Å². The summed E-state index contributed by atoms with van der Waals surface area (Å²) in [5, 5.41) is 0.685. The van der Waals surface area contributed by atoms with Crippen LogP contribution in [-0.2, 0) is 4.74 Å². The zero-order valence-corrected chi connectivity index (χ0v) is 17.8. The molecule has 4 rings (SSSR count). The van der Waals surface area contributed by atoms with Crippen LogP contribution in [0.25, 0.3) is 10.2 Å². The van der Waals surface area contributed by atoms with E-state index < -0.39 is 0 Å². The number of aryl methyl sites for hydroxylation is 2. The second-order valence-electron chi connectivity index (χ2n) is 7.07. The molecule has 0 N–H and O–H groups in total. The quantitative estimate of drug-likeness (QED) is 0.614. The average molecular weight is 416 g/mol. The van der Waals surface area contributed by atoms with Crippen LogP contribution in [0.3, 0.4) is 0 Å². The van der Waals surface area contributed by atoms with E-state index in [2.05, 4.69) is 4.90 Å². The Morgan fingerprint density at radius 1 is 1.28 bits per heavy atom. The number of carbonyl (C=O) groups is 1. The van der Waals surface area contributed by atoms with E-state index in [-0.39, 0.29) is 5.91 Å². The van der Waals surface area contributed by atoms with E-state index in [1.54, 1.807) is 18.1 Å². The van der Waals surface area contributed by atoms with Crippen molar-refractivity contribution in [2.45, 2.75) is 13.8 Å². The van der Waals surface area contributed by atoms with Gasteiger partial charge < -0.3 is 13.9 Å². The van der Waals surface area contributed by atoms with E-state index in [0.717, 1.165) is 54.6 Å². The third-order valence-electron chi connectivity index (χ3n) is 5.08. The second kappa shape index (κ2) is 8.52. The molecule has 2 aromatic heterocycles. The molecule has 0 atom stereocenters. The largest absolute Gasteiger partial charge is 0.497 e. The van der Waals surface area contributed by atoms with Crippen LogP contribution in [0.4, 0.5) is 5.13 Å². The molecule has 0 saturated carbocycles. The van der Waals surface area contributed by atoms with Crippen LogP contribution in [0.1, 0.15) is 21.9 Å². The molecular formula is C21H25N3O4S. The summed E-state index contributed by atoms with van der Waals surface area (Å²) in [6, 6.07) is 7.56. The SMILES string of the molecule is COc1ccc2nc(N(CCN3CCOCC3)C(=O)c3cc(C)oc3C)sc2c1. The summed E-state index contributed by atoms with van der Waals surface area (Å²) in [6.45, 7) is 8.22. The maximum absolute atomic E-state index is 13.4. The summed E-state index contributed by atoms with van der Waals surface area (Å²) in [5.74, 6) is 2.05. The Balaban J connectivity index is 1.65. The predicted octanol–water partition coefficient (Wildman–Crippen LogP) is 3.49. The summed E-state index contributed by atoms with van der Waals surface area (Å²) < 4.78 is 17.3. The molecule has 1 aliphatic heterocycles. The third-order valence-corrected chi connectivity index (χ3v) is 6.12. The standard InChI is InChI=1S/C21H25N3O4S/c1-14-12-17(15(2)28-14)20(25)24(7-6-23-8-10-27-11-9-23)21-22-18-5-4-16(26-3)13-19(18)29-21/h4-5,12-13H,6-11H2,1-3H3. The van der Waals surface area contributed by atoms with Crippen molar-refractivity contribution in [1.29, 1.82) is 0 Å². The number of nitrogens with zero attached hydrogens (tertiary/aromatic N) is 3. The van der Waals surface area contributed by atoms with E-state index >= 15 is 0 Å². The molecule has 3 heterocycles. The normalized spacial score (nSPS) is 15.0. The molecule has 1 amide bonds. The Kier molecular flexibility index (Phi) is 5.84. The molecule has 7 nitrogen and oxygen atoms in total. The van der Waals surface area contributed by atoms with Crippen molar-refractivity contribution in [3.8, 4) is 5.75 Å². The van der Waals surface area contributed by atoms with Gasteiger partial charge in [-0.05, 0) is 38.1 Å². The molecular weight excluding hydrogens is 390 g/mol. The van der Waals surface area contributed by atoms with Crippen LogP contribution in [-0.4, -0.2) is 62.3 Å².